The van der Waals surface area contributed by atoms with Gasteiger partial charge in [-0.05, 0) is 59.9 Å². The van der Waals surface area contributed by atoms with Gasteiger partial charge in [-0.1, -0.05) is 25.6 Å². The van der Waals surface area contributed by atoms with Gasteiger partial charge >= 0.3 is 0 Å². The molecule has 3 aromatic rings. The van der Waals surface area contributed by atoms with E-state index in [0.29, 0.717) is 11.9 Å². The summed E-state index contributed by atoms with van der Waals surface area (Å²) in [5.41, 5.74) is 7.86. The van der Waals surface area contributed by atoms with Crippen molar-refractivity contribution in [2.45, 2.75) is 55.7 Å². The SMILES string of the molecule is CCC(CC)NCCCn1c(Sc2cc3c(cc2Br)OCO3)nc2c(N)nccc21. The van der Waals surface area contributed by atoms with E-state index in [-0.39, 0.29) is 6.79 Å². The highest BCUT2D eigenvalue weighted by Crippen LogP contribution is 2.43. The number of fused-ring (bicyclic) bond motifs is 2. The maximum atomic E-state index is 6.11. The van der Waals surface area contributed by atoms with E-state index in [0.717, 1.165) is 69.4 Å². The van der Waals surface area contributed by atoms with Crippen molar-refractivity contribution in [3.8, 4) is 11.5 Å². The molecular formula is C21H26BrN5O2S. The molecule has 9 heteroatoms. The predicted molar refractivity (Wildman–Crippen MR) is 123 cm³/mol. The lowest BCUT2D eigenvalue weighted by Gasteiger charge is -2.15. The number of benzene rings is 1. The number of halogens is 1. The molecule has 0 spiro atoms. The van der Waals surface area contributed by atoms with Gasteiger partial charge in [-0.2, -0.15) is 0 Å². The number of ether oxygens (including phenoxy) is 2. The zero-order valence-corrected chi connectivity index (χ0v) is 19.6. The lowest BCUT2D eigenvalue weighted by atomic mass is 10.2. The molecular weight excluding hydrogens is 466 g/mol. The van der Waals surface area contributed by atoms with Gasteiger partial charge in [0.2, 0.25) is 6.79 Å². The van der Waals surface area contributed by atoms with Crippen LogP contribution >= 0.6 is 27.7 Å². The van der Waals surface area contributed by atoms with Gasteiger partial charge in [-0.25, -0.2) is 9.97 Å². The fourth-order valence-electron chi connectivity index (χ4n) is 3.54. The van der Waals surface area contributed by atoms with Crippen LogP contribution in [0.4, 0.5) is 5.82 Å². The van der Waals surface area contributed by atoms with Gasteiger partial charge < -0.3 is 25.1 Å². The molecule has 30 heavy (non-hydrogen) atoms. The monoisotopic (exact) mass is 491 g/mol. The van der Waals surface area contributed by atoms with Gasteiger partial charge in [0.05, 0.1) is 5.52 Å². The molecule has 3 heterocycles. The molecule has 1 aliphatic rings. The second-order valence-corrected chi connectivity index (χ2v) is 9.03. The Bertz CT molecular complexity index is 1040. The van der Waals surface area contributed by atoms with Crippen LogP contribution < -0.4 is 20.5 Å². The first-order valence-electron chi connectivity index (χ1n) is 10.2. The van der Waals surface area contributed by atoms with E-state index in [1.54, 1.807) is 18.0 Å². The first-order chi connectivity index (χ1) is 14.6. The third-order valence-corrected chi connectivity index (χ3v) is 7.24. The van der Waals surface area contributed by atoms with E-state index in [4.69, 9.17) is 20.2 Å². The van der Waals surface area contributed by atoms with Crippen LogP contribution in [0.3, 0.4) is 0 Å². The molecule has 0 atom stereocenters. The van der Waals surface area contributed by atoms with Gasteiger partial charge in [0, 0.05) is 28.2 Å². The number of aryl methyl sites for hydroxylation is 1. The average Bonchev–Trinajstić information content (AvgIpc) is 3.33. The van der Waals surface area contributed by atoms with E-state index >= 15 is 0 Å². The van der Waals surface area contributed by atoms with E-state index < -0.39 is 0 Å². The molecule has 0 radical (unpaired) electrons. The number of hydrogen-bond acceptors (Lipinski definition) is 7. The van der Waals surface area contributed by atoms with Crippen LogP contribution in [0, 0.1) is 0 Å². The molecule has 4 rings (SSSR count). The van der Waals surface area contributed by atoms with Crippen LogP contribution in [0.2, 0.25) is 0 Å². The van der Waals surface area contributed by atoms with E-state index in [1.807, 2.05) is 18.2 Å². The number of anilines is 1. The summed E-state index contributed by atoms with van der Waals surface area (Å²) in [5, 5.41) is 4.51. The largest absolute Gasteiger partial charge is 0.454 e. The zero-order chi connectivity index (χ0) is 21.1. The Morgan fingerprint density at radius 1 is 1.27 bits per heavy atom. The van der Waals surface area contributed by atoms with Crippen molar-refractivity contribution in [1.29, 1.82) is 0 Å². The number of hydrogen-bond donors (Lipinski definition) is 2. The van der Waals surface area contributed by atoms with Crippen LogP contribution in [-0.4, -0.2) is 33.9 Å². The molecule has 1 aliphatic heterocycles. The summed E-state index contributed by atoms with van der Waals surface area (Å²) in [7, 11) is 0. The van der Waals surface area contributed by atoms with Crippen LogP contribution in [0.5, 0.6) is 11.5 Å². The minimum absolute atomic E-state index is 0.250. The van der Waals surface area contributed by atoms with Gasteiger partial charge in [-0.15, -0.1) is 0 Å². The highest BCUT2D eigenvalue weighted by atomic mass is 79.9. The molecule has 3 N–H and O–H groups in total. The summed E-state index contributed by atoms with van der Waals surface area (Å²) in [6.07, 6.45) is 5.03. The number of nitrogens with zero attached hydrogens (tertiary/aromatic N) is 3. The van der Waals surface area contributed by atoms with Crippen molar-refractivity contribution >= 4 is 44.5 Å². The quantitative estimate of drug-likeness (QED) is 0.414. The average molecular weight is 492 g/mol. The highest BCUT2D eigenvalue weighted by Gasteiger charge is 2.20. The molecule has 0 saturated heterocycles. The maximum absolute atomic E-state index is 6.11. The number of aromatic nitrogens is 3. The van der Waals surface area contributed by atoms with Crippen LogP contribution in [0.1, 0.15) is 33.1 Å². The van der Waals surface area contributed by atoms with Crippen molar-refractivity contribution in [3.63, 3.8) is 0 Å². The Balaban J connectivity index is 1.59. The summed E-state index contributed by atoms with van der Waals surface area (Å²) < 4.78 is 14.2. The van der Waals surface area contributed by atoms with E-state index in [2.05, 4.69) is 44.6 Å². The normalized spacial score (nSPS) is 12.9. The number of imidazole rings is 1. The highest BCUT2D eigenvalue weighted by molar-refractivity contribution is 9.10. The lowest BCUT2D eigenvalue weighted by Crippen LogP contribution is -2.29. The third-order valence-electron chi connectivity index (χ3n) is 5.27. The number of nitrogens with two attached hydrogens (primary N) is 1. The Morgan fingerprint density at radius 2 is 2.03 bits per heavy atom. The van der Waals surface area contributed by atoms with Crippen molar-refractivity contribution in [2.75, 3.05) is 19.1 Å². The van der Waals surface area contributed by atoms with Crippen molar-refractivity contribution < 1.29 is 9.47 Å². The van der Waals surface area contributed by atoms with Gasteiger partial charge in [0.25, 0.3) is 0 Å². The third kappa shape index (κ3) is 4.38. The van der Waals surface area contributed by atoms with E-state index in [1.165, 1.54) is 0 Å². The van der Waals surface area contributed by atoms with Crippen molar-refractivity contribution in [1.82, 2.24) is 19.9 Å². The van der Waals surface area contributed by atoms with Crippen molar-refractivity contribution in [3.05, 3.63) is 28.9 Å². The predicted octanol–water partition coefficient (Wildman–Crippen LogP) is 4.82. The molecule has 0 aliphatic carbocycles. The molecule has 160 valence electrons. The molecule has 7 nitrogen and oxygen atoms in total. The van der Waals surface area contributed by atoms with Crippen LogP contribution in [-0.2, 0) is 6.54 Å². The molecule has 0 bridgehead atoms. The Hall–Kier alpha value is -1.97. The number of nitrogen functional groups attached to an aromatic ring is 1. The zero-order valence-electron chi connectivity index (χ0n) is 17.2. The maximum Gasteiger partial charge on any atom is 0.231 e. The summed E-state index contributed by atoms with van der Waals surface area (Å²) in [5.74, 6) is 1.95. The molecule has 2 aromatic heterocycles. The Labute approximate surface area is 188 Å². The second kappa shape index (κ2) is 9.45. The molecule has 0 fully saturated rings. The number of nitrogens with one attached hydrogen (secondary N) is 1. The van der Waals surface area contributed by atoms with Crippen LogP contribution in [0.15, 0.2) is 38.9 Å². The number of rotatable bonds is 9. The fraction of sp³-hybridized carbons (Fsp3) is 0.429. The molecule has 0 saturated carbocycles. The Morgan fingerprint density at radius 3 is 2.80 bits per heavy atom. The standard InChI is InChI=1S/C21H26BrN5O2S/c1-3-13(4-2)24-7-5-9-27-15-6-8-25-20(23)19(15)26-21(27)30-18-11-17-16(10-14(18)22)28-12-29-17/h6,8,10-11,13,24H,3-5,7,9,12H2,1-2H3,(H2,23,25). The summed E-state index contributed by atoms with van der Waals surface area (Å²) >= 11 is 5.23. The molecule has 0 unspecified atom stereocenters. The van der Waals surface area contributed by atoms with Crippen LogP contribution in [0.25, 0.3) is 11.0 Å². The van der Waals surface area contributed by atoms with E-state index in [9.17, 15) is 0 Å². The summed E-state index contributed by atoms with van der Waals surface area (Å²) in [4.78, 5) is 10.0. The summed E-state index contributed by atoms with van der Waals surface area (Å²) in [6, 6.07) is 6.47. The summed E-state index contributed by atoms with van der Waals surface area (Å²) in [6.45, 7) is 6.50. The number of pyridine rings is 1. The molecule has 1 aromatic carbocycles. The molecule has 0 amide bonds. The van der Waals surface area contributed by atoms with Gasteiger partial charge in [-0.3, -0.25) is 0 Å². The van der Waals surface area contributed by atoms with Gasteiger partial charge in [0.1, 0.15) is 5.52 Å². The van der Waals surface area contributed by atoms with Gasteiger partial charge in [0.15, 0.2) is 22.5 Å². The second-order valence-electron chi connectivity index (χ2n) is 7.17. The first-order valence-corrected chi connectivity index (χ1v) is 11.8. The Kier molecular flexibility index (Phi) is 6.70. The smallest absolute Gasteiger partial charge is 0.231 e. The topological polar surface area (TPSA) is 87.2 Å². The fourth-order valence-corrected chi connectivity index (χ4v) is 5.06. The minimum Gasteiger partial charge on any atom is -0.454 e. The van der Waals surface area contributed by atoms with Crippen molar-refractivity contribution in [2.24, 2.45) is 0 Å². The first kappa shape index (κ1) is 21.3. The minimum atomic E-state index is 0.250. The lowest BCUT2D eigenvalue weighted by molar-refractivity contribution is 0.174.